The Morgan fingerprint density at radius 2 is 1.86 bits per heavy atom. The number of amides is 1. The molecule has 1 unspecified atom stereocenters. The van der Waals surface area contributed by atoms with Gasteiger partial charge < -0.3 is 9.84 Å². The molecule has 1 heterocycles. The average molecular weight is 309 g/mol. The molecule has 1 amide bonds. The number of likely N-dealkylation sites (tertiary alicyclic amines) is 1. The van der Waals surface area contributed by atoms with Crippen molar-refractivity contribution in [3.05, 3.63) is 35.6 Å². The minimum atomic E-state index is -1.50. The molecule has 120 valence electrons. The van der Waals surface area contributed by atoms with Crippen molar-refractivity contribution in [3.8, 4) is 0 Å². The number of hydrogen-bond acceptors (Lipinski definition) is 3. The van der Waals surface area contributed by atoms with Crippen LogP contribution >= 0.6 is 0 Å². The molecule has 0 spiro atoms. The lowest BCUT2D eigenvalue weighted by Gasteiger charge is -2.36. The molecule has 0 aliphatic carbocycles. The molecule has 1 aromatic rings. The quantitative estimate of drug-likeness (QED) is 0.911. The lowest BCUT2D eigenvalue weighted by atomic mass is 9.87. The number of benzene rings is 1. The number of carboxylic acids is 1. The van der Waals surface area contributed by atoms with E-state index in [0.717, 1.165) is 0 Å². The Kier molecular flexibility index (Phi) is 4.13. The predicted molar refractivity (Wildman–Crippen MR) is 77.9 cm³/mol. The Balaban J connectivity index is 2.42. The fourth-order valence-corrected chi connectivity index (χ4v) is 2.75. The van der Waals surface area contributed by atoms with E-state index in [1.165, 1.54) is 29.2 Å². The van der Waals surface area contributed by atoms with Crippen LogP contribution in [0.25, 0.3) is 0 Å². The van der Waals surface area contributed by atoms with E-state index < -0.39 is 29.0 Å². The number of hydrogen-bond donors (Lipinski definition) is 1. The van der Waals surface area contributed by atoms with Gasteiger partial charge in [0.15, 0.2) is 5.54 Å². The minimum Gasteiger partial charge on any atom is -0.479 e. The zero-order chi connectivity index (χ0) is 16.5. The largest absolute Gasteiger partial charge is 0.479 e. The van der Waals surface area contributed by atoms with Gasteiger partial charge >= 0.3 is 12.1 Å². The fraction of sp³-hybridized carbons (Fsp3) is 0.500. The molecular formula is C16H20FNO4. The topological polar surface area (TPSA) is 66.8 Å². The zero-order valence-electron chi connectivity index (χ0n) is 12.9. The maximum atomic E-state index is 13.1. The molecule has 0 radical (unpaired) electrons. The first kappa shape index (κ1) is 16.3. The summed E-state index contributed by atoms with van der Waals surface area (Å²) in [5.41, 5.74) is -1.84. The van der Waals surface area contributed by atoms with Gasteiger partial charge in [0.25, 0.3) is 0 Å². The van der Waals surface area contributed by atoms with E-state index in [0.29, 0.717) is 18.5 Å². The molecule has 1 aliphatic heterocycles. The van der Waals surface area contributed by atoms with Crippen molar-refractivity contribution in [1.82, 2.24) is 4.90 Å². The molecule has 6 heteroatoms. The highest BCUT2D eigenvalue weighted by molar-refractivity contribution is 5.86. The van der Waals surface area contributed by atoms with Crippen LogP contribution in [0.2, 0.25) is 0 Å². The highest BCUT2D eigenvalue weighted by Gasteiger charge is 2.52. The smallest absolute Gasteiger partial charge is 0.411 e. The van der Waals surface area contributed by atoms with Crippen molar-refractivity contribution in [2.75, 3.05) is 6.54 Å². The monoisotopic (exact) mass is 309 g/mol. The van der Waals surface area contributed by atoms with Crippen LogP contribution in [0.15, 0.2) is 24.3 Å². The Bertz CT molecular complexity index is 579. The molecule has 1 atom stereocenters. The molecule has 1 aliphatic rings. The van der Waals surface area contributed by atoms with Crippen LogP contribution < -0.4 is 0 Å². The maximum absolute atomic E-state index is 13.1. The van der Waals surface area contributed by atoms with E-state index in [1.807, 2.05) is 0 Å². The molecule has 1 fully saturated rings. The number of nitrogens with zero attached hydrogens (tertiary/aromatic N) is 1. The number of rotatable bonds is 2. The zero-order valence-corrected chi connectivity index (χ0v) is 12.9. The summed E-state index contributed by atoms with van der Waals surface area (Å²) in [4.78, 5) is 25.6. The third-order valence-electron chi connectivity index (χ3n) is 3.67. The van der Waals surface area contributed by atoms with Crippen molar-refractivity contribution in [2.45, 2.75) is 44.8 Å². The fourth-order valence-electron chi connectivity index (χ4n) is 2.75. The summed E-state index contributed by atoms with van der Waals surface area (Å²) in [5, 5.41) is 9.76. The highest BCUT2D eigenvalue weighted by Crippen LogP contribution is 2.40. The van der Waals surface area contributed by atoms with Crippen LogP contribution in [0.4, 0.5) is 9.18 Å². The predicted octanol–water partition coefficient (Wildman–Crippen LogP) is 3.14. The Morgan fingerprint density at radius 1 is 1.27 bits per heavy atom. The van der Waals surface area contributed by atoms with Crippen molar-refractivity contribution < 1.29 is 23.8 Å². The molecular weight excluding hydrogens is 289 g/mol. The van der Waals surface area contributed by atoms with Crippen molar-refractivity contribution in [3.63, 3.8) is 0 Å². The molecule has 0 saturated carbocycles. The van der Waals surface area contributed by atoms with Crippen molar-refractivity contribution in [1.29, 1.82) is 0 Å². The average Bonchev–Trinajstić information content (AvgIpc) is 2.83. The van der Waals surface area contributed by atoms with Gasteiger partial charge in [0.05, 0.1) is 0 Å². The van der Waals surface area contributed by atoms with E-state index in [4.69, 9.17) is 4.74 Å². The second-order valence-electron chi connectivity index (χ2n) is 6.41. The van der Waals surface area contributed by atoms with Gasteiger partial charge in [0.1, 0.15) is 11.4 Å². The van der Waals surface area contributed by atoms with Gasteiger partial charge in [-0.1, -0.05) is 12.1 Å². The molecule has 1 aromatic carbocycles. The number of carbonyl (C=O) groups is 2. The van der Waals surface area contributed by atoms with E-state index in [2.05, 4.69) is 0 Å². The summed E-state index contributed by atoms with van der Waals surface area (Å²) < 4.78 is 18.4. The summed E-state index contributed by atoms with van der Waals surface area (Å²) in [6.07, 6.45) is 0.146. The molecule has 22 heavy (non-hydrogen) atoms. The Hall–Kier alpha value is -2.11. The first-order chi connectivity index (χ1) is 10.2. The second kappa shape index (κ2) is 5.59. The van der Waals surface area contributed by atoms with Gasteiger partial charge in [-0.25, -0.2) is 14.0 Å². The standard InChI is InChI=1S/C16H20FNO4/c1-15(2,3)22-14(21)18-10-4-9-16(18,13(19)20)11-5-7-12(17)8-6-11/h5-8H,4,9-10H2,1-3H3,(H,19,20). The number of carbonyl (C=O) groups excluding carboxylic acids is 1. The third-order valence-corrected chi connectivity index (χ3v) is 3.67. The summed E-state index contributed by atoms with van der Waals surface area (Å²) in [6.45, 7) is 5.46. The molecule has 1 saturated heterocycles. The summed E-state index contributed by atoms with van der Waals surface area (Å²) in [7, 11) is 0. The number of carboxylic acid groups (broad SMARTS) is 1. The second-order valence-corrected chi connectivity index (χ2v) is 6.41. The van der Waals surface area contributed by atoms with Crippen LogP contribution in [0.3, 0.4) is 0 Å². The number of halogens is 1. The Labute approximate surface area is 128 Å². The molecule has 0 aromatic heterocycles. The SMILES string of the molecule is CC(C)(C)OC(=O)N1CCCC1(C(=O)O)c1ccc(F)cc1. The van der Waals surface area contributed by atoms with E-state index >= 15 is 0 Å². The van der Waals surface area contributed by atoms with Crippen LogP contribution in [0.5, 0.6) is 0 Å². The number of ether oxygens (including phenoxy) is 1. The van der Waals surface area contributed by atoms with Crippen molar-refractivity contribution in [2.24, 2.45) is 0 Å². The first-order valence-electron chi connectivity index (χ1n) is 7.17. The summed E-state index contributed by atoms with van der Waals surface area (Å²) in [6, 6.07) is 5.22. The maximum Gasteiger partial charge on any atom is 0.411 e. The first-order valence-corrected chi connectivity index (χ1v) is 7.17. The third kappa shape index (κ3) is 2.91. The van der Waals surface area contributed by atoms with Crippen LogP contribution in [0.1, 0.15) is 39.2 Å². The van der Waals surface area contributed by atoms with Gasteiger partial charge in [-0.2, -0.15) is 0 Å². The summed E-state index contributed by atoms with van der Waals surface area (Å²) >= 11 is 0. The van der Waals surface area contributed by atoms with E-state index in [1.54, 1.807) is 20.8 Å². The lowest BCUT2D eigenvalue weighted by Crippen LogP contribution is -2.52. The molecule has 2 rings (SSSR count). The van der Waals surface area contributed by atoms with Crippen LogP contribution in [-0.4, -0.2) is 34.2 Å². The van der Waals surface area contributed by atoms with Crippen molar-refractivity contribution >= 4 is 12.1 Å². The normalized spacial score (nSPS) is 21.7. The minimum absolute atomic E-state index is 0.271. The van der Waals surface area contributed by atoms with Gasteiger partial charge in [0.2, 0.25) is 0 Å². The van der Waals surface area contributed by atoms with Gasteiger partial charge in [0, 0.05) is 6.54 Å². The highest BCUT2D eigenvalue weighted by atomic mass is 19.1. The van der Waals surface area contributed by atoms with E-state index in [9.17, 15) is 19.1 Å². The molecule has 5 nitrogen and oxygen atoms in total. The van der Waals surface area contributed by atoms with Gasteiger partial charge in [-0.3, -0.25) is 4.90 Å². The summed E-state index contributed by atoms with van der Waals surface area (Å²) in [5.74, 6) is -1.59. The number of aliphatic carboxylic acids is 1. The Morgan fingerprint density at radius 3 is 2.36 bits per heavy atom. The molecule has 1 N–H and O–H groups in total. The van der Waals surface area contributed by atoms with Crippen LogP contribution in [-0.2, 0) is 15.1 Å². The van der Waals surface area contributed by atoms with Gasteiger partial charge in [-0.15, -0.1) is 0 Å². The lowest BCUT2D eigenvalue weighted by molar-refractivity contribution is -0.150. The van der Waals surface area contributed by atoms with Gasteiger partial charge in [-0.05, 0) is 51.3 Å². The van der Waals surface area contributed by atoms with Crippen LogP contribution in [0, 0.1) is 5.82 Å². The van der Waals surface area contributed by atoms with E-state index in [-0.39, 0.29) is 6.42 Å². The molecule has 0 bridgehead atoms.